The molecule has 4 heteroatoms. The van der Waals surface area contributed by atoms with Crippen LogP contribution in [0.15, 0.2) is 18.2 Å². The van der Waals surface area contributed by atoms with E-state index in [1.165, 1.54) is 0 Å². The minimum Gasteiger partial charge on any atom is -0.490 e. The Kier molecular flexibility index (Phi) is 7.55. The predicted molar refractivity (Wildman–Crippen MR) is 78.6 cm³/mol. The molecule has 0 saturated carbocycles. The van der Waals surface area contributed by atoms with Gasteiger partial charge in [0.2, 0.25) is 0 Å². The SMILES string of the molecule is CCCOc1ccc(CCCC(=O)O)cc1OCCC. The van der Waals surface area contributed by atoms with Gasteiger partial charge in [0.15, 0.2) is 11.5 Å². The van der Waals surface area contributed by atoms with Gasteiger partial charge < -0.3 is 14.6 Å². The summed E-state index contributed by atoms with van der Waals surface area (Å²) in [6.07, 6.45) is 3.46. The summed E-state index contributed by atoms with van der Waals surface area (Å²) in [5, 5.41) is 8.66. The highest BCUT2D eigenvalue weighted by atomic mass is 16.5. The third-order valence-electron chi connectivity index (χ3n) is 2.79. The van der Waals surface area contributed by atoms with Gasteiger partial charge in [0.05, 0.1) is 13.2 Å². The van der Waals surface area contributed by atoms with Crippen LogP contribution >= 0.6 is 0 Å². The van der Waals surface area contributed by atoms with Crippen LogP contribution in [0.25, 0.3) is 0 Å². The monoisotopic (exact) mass is 280 g/mol. The van der Waals surface area contributed by atoms with E-state index in [1.54, 1.807) is 0 Å². The van der Waals surface area contributed by atoms with Crippen molar-refractivity contribution >= 4 is 5.97 Å². The lowest BCUT2D eigenvalue weighted by Gasteiger charge is -2.13. The molecule has 0 bridgehead atoms. The number of benzene rings is 1. The standard InChI is InChI=1S/C16H24O4/c1-3-10-19-14-9-8-13(6-5-7-16(17)18)12-15(14)20-11-4-2/h8-9,12H,3-7,10-11H2,1-2H3,(H,17,18). The summed E-state index contributed by atoms with van der Waals surface area (Å²) in [7, 11) is 0. The topological polar surface area (TPSA) is 55.8 Å². The summed E-state index contributed by atoms with van der Waals surface area (Å²) in [4.78, 5) is 10.5. The van der Waals surface area contributed by atoms with Crippen LogP contribution in [0, 0.1) is 0 Å². The highest BCUT2D eigenvalue weighted by Crippen LogP contribution is 2.29. The van der Waals surface area contributed by atoms with E-state index >= 15 is 0 Å². The van der Waals surface area contributed by atoms with Crippen LogP contribution in [-0.2, 0) is 11.2 Å². The molecule has 1 rings (SSSR count). The van der Waals surface area contributed by atoms with Crippen molar-refractivity contribution in [3.05, 3.63) is 23.8 Å². The van der Waals surface area contributed by atoms with Crippen molar-refractivity contribution in [1.29, 1.82) is 0 Å². The fourth-order valence-electron chi connectivity index (χ4n) is 1.81. The van der Waals surface area contributed by atoms with Gasteiger partial charge in [0, 0.05) is 6.42 Å². The maximum atomic E-state index is 10.5. The lowest BCUT2D eigenvalue weighted by atomic mass is 10.1. The Bertz CT molecular complexity index is 415. The van der Waals surface area contributed by atoms with Crippen molar-refractivity contribution in [2.24, 2.45) is 0 Å². The van der Waals surface area contributed by atoms with Crippen LogP contribution < -0.4 is 9.47 Å². The number of carboxylic acids is 1. The lowest BCUT2D eigenvalue weighted by Crippen LogP contribution is -2.02. The van der Waals surface area contributed by atoms with Crippen LogP contribution in [0.5, 0.6) is 11.5 Å². The van der Waals surface area contributed by atoms with Crippen molar-refractivity contribution in [1.82, 2.24) is 0 Å². The number of aryl methyl sites for hydroxylation is 1. The minimum absolute atomic E-state index is 0.194. The molecule has 20 heavy (non-hydrogen) atoms. The molecule has 0 unspecified atom stereocenters. The number of ether oxygens (including phenoxy) is 2. The summed E-state index contributed by atoms with van der Waals surface area (Å²) in [6.45, 7) is 5.44. The third kappa shape index (κ3) is 5.95. The maximum absolute atomic E-state index is 10.5. The zero-order valence-electron chi connectivity index (χ0n) is 12.4. The highest BCUT2D eigenvalue weighted by molar-refractivity contribution is 5.66. The summed E-state index contributed by atoms with van der Waals surface area (Å²) < 4.78 is 11.4. The second-order valence-electron chi connectivity index (χ2n) is 4.73. The van der Waals surface area contributed by atoms with Crippen molar-refractivity contribution in [3.8, 4) is 11.5 Å². The Balaban J connectivity index is 2.69. The van der Waals surface area contributed by atoms with Gasteiger partial charge in [-0.1, -0.05) is 19.9 Å². The van der Waals surface area contributed by atoms with E-state index in [4.69, 9.17) is 14.6 Å². The molecule has 0 aliphatic heterocycles. The van der Waals surface area contributed by atoms with E-state index in [-0.39, 0.29) is 6.42 Å². The predicted octanol–water partition coefficient (Wildman–Crippen LogP) is 3.67. The van der Waals surface area contributed by atoms with E-state index in [9.17, 15) is 4.79 Å². The number of hydrogen-bond donors (Lipinski definition) is 1. The average molecular weight is 280 g/mol. The van der Waals surface area contributed by atoms with Gasteiger partial charge in [-0.25, -0.2) is 0 Å². The van der Waals surface area contributed by atoms with Crippen LogP contribution in [0.4, 0.5) is 0 Å². The first-order valence-electron chi connectivity index (χ1n) is 7.27. The fourth-order valence-corrected chi connectivity index (χ4v) is 1.81. The summed E-state index contributed by atoms with van der Waals surface area (Å²) in [5.74, 6) is 0.769. The molecule has 0 saturated heterocycles. The first-order chi connectivity index (χ1) is 9.67. The molecule has 0 aliphatic rings. The molecule has 1 aromatic rings. The van der Waals surface area contributed by atoms with E-state index in [0.29, 0.717) is 19.6 Å². The maximum Gasteiger partial charge on any atom is 0.303 e. The largest absolute Gasteiger partial charge is 0.490 e. The summed E-state index contributed by atoms with van der Waals surface area (Å²) in [6, 6.07) is 5.85. The summed E-state index contributed by atoms with van der Waals surface area (Å²) in [5.41, 5.74) is 1.08. The molecule has 0 fully saturated rings. The van der Waals surface area contributed by atoms with Gasteiger partial charge in [0.25, 0.3) is 0 Å². The van der Waals surface area contributed by atoms with Crippen molar-refractivity contribution < 1.29 is 19.4 Å². The normalized spacial score (nSPS) is 10.3. The number of carbonyl (C=O) groups is 1. The molecular weight excluding hydrogens is 256 g/mol. The Morgan fingerprint density at radius 3 is 2.35 bits per heavy atom. The Morgan fingerprint density at radius 1 is 1.10 bits per heavy atom. The van der Waals surface area contributed by atoms with Gasteiger partial charge in [-0.05, 0) is 43.4 Å². The zero-order valence-corrected chi connectivity index (χ0v) is 12.4. The van der Waals surface area contributed by atoms with Gasteiger partial charge in [0.1, 0.15) is 0 Å². The van der Waals surface area contributed by atoms with E-state index < -0.39 is 5.97 Å². The first kappa shape index (κ1) is 16.3. The highest BCUT2D eigenvalue weighted by Gasteiger charge is 2.07. The molecule has 0 aliphatic carbocycles. The van der Waals surface area contributed by atoms with Gasteiger partial charge in [-0.3, -0.25) is 4.79 Å². The molecule has 0 heterocycles. The van der Waals surface area contributed by atoms with Gasteiger partial charge in [-0.2, -0.15) is 0 Å². The van der Waals surface area contributed by atoms with Crippen LogP contribution in [0.1, 0.15) is 45.1 Å². The molecule has 0 atom stereocenters. The van der Waals surface area contributed by atoms with Crippen molar-refractivity contribution in [2.45, 2.75) is 46.0 Å². The van der Waals surface area contributed by atoms with Crippen molar-refractivity contribution in [3.63, 3.8) is 0 Å². The van der Waals surface area contributed by atoms with E-state index in [1.807, 2.05) is 18.2 Å². The molecule has 1 aromatic carbocycles. The van der Waals surface area contributed by atoms with Crippen LogP contribution in [-0.4, -0.2) is 24.3 Å². The Labute approximate surface area is 120 Å². The second kappa shape index (κ2) is 9.23. The smallest absolute Gasteiger partial charge is 0.303 e. The lowest BCUT2D eigenvalue weighted by molar-refractivity contribution is -0.137. The zero-order chi connectivity index (χ0) is 14.8. The van der Waals surface area contributed by atoms with E-state index in [0.717, 1.165) is 36.3 Å². The summed E-state index contributed by atoms with van der Waals surface area (Å²) >= 11 is 0. The number of rotatable bonds is 10. The Hall–Kier alpha value is -1.71. The number of aliphatic carboxylic acids is 1. The van der Waals surface area contributed by atoms with Crippen molar-refractivity contribution in [2.75, 3.05) is 13.2 Å². The molecule has 4 nitrogen and oxygen atoms in total. The average Bonchev–Trinajstić information content (AvgIpc) is 2.43. The molecule has 0 aromatic heterocycles. The molecule has 0 spiro atoms. The minimum atomic E-state index is -0.754. The van der Waals surface area contributed by atoms with Crippen LogP contribution in [0.2, 0.25) is 0 Å². The van der Waals surface area contributed by atoms with Crippen LogP contribution in [0.3, 0.4) is 0 Å². The van der Waals surface area contributed by atoms with E-state index in [2.05, 4.69) is 13.8 Å². The fraction of sp³-hybridized carbons (Fsp3) is 0.562. The Morgan fingerprint density at radius 2 is 1.75 bits per heavy atom. The quantitative estimate of drug-likeness (QED) is 0.710. The molecule has 1 N–H and O–H groups in total. The third-order valence-corrected chi connectivity index (χ3v) is 2.79. The van der Waals surface area contributed by atoms with Gasteiger partial charge >= 0.3 is 5.97 Å². The number of carboxylic acid groups (broad SMARTS) is 1. The molecule has 0 radical (unpaired) electrons. The second-order valence-corrected chi connectivity index (χ2v) is 4.73. The molecule has 0 amide bonds. The van der Waals surface area contributed by atoms with Gasteiger partial charge in [-0.15, -0.1) is 0 Å². The first-order valence-corrected chi connectivity index (χ1v) is 7.27. The molecule has 112 valence electrons. The molecular formula is C16H24O4. The number of hydrogen-bond acceptors (Lipinski definition) is 3.